The van der Waals surface area contributed by atoms with Crippen LogP contribution < -0.4 is 5.73 Å². The van der Waals surface area contributed by atoms with Crippen LogP contribution in [0.1, 0.15) is 20.8 Å². The van der Waals surface area contributed by atoms with E-state index in [4.69, 9.17) is 5.73 Å². The second kappa shape index (κ2) is 0.977. The summed E-state index contributed by atoms with van der Waals surface area (Å²) in [4.78, 5) is 0. The maximum Gasteiger partial charge on any atom is 0.0239 e. The molecule has 0 aromatic carbocycles. The van der Waals surface area contributed by atoms with Gasteiger partial charge in [-0.3, -0.25) is 5.73 Å². The van der Waals surface area contributed by atoms with Crippen LogP contribution in [0.2, 0.25) is 0 Å². The summed E-state index contributed by atoms with van der Waals surface area (Å²) in [6, 6.07) is 0. The number of hydrogen-bond donors (Lipinski definition) is 0. The van der Waals surface area contributed by atoms with Gasteiger partial charge in [-0.25, -0.2) is 0 Å². The van der Waals surface area contributed by atoms with Crippen LogP contribution >= 0.6 is 0 Å². The predicted molar refractivity (Wildman–Crippen MR) is 22.8 cm³/mol. The molecule has 0 saturated heterocycles. The summed E-state index contributed by atoms with van der Waals surface area (Å²) in [5.74, 6) is 0. The van der Waals surface area contributed by atoms with Gasteiger partial charge in [0.2, 0.25) is 0 Å². The van der Waals surface area contributed by atoms with Crippen molar-refractivity contribution in [3.05, 3.63) is 0 Å². The SMILES string of the molecule is CC(C)(C)[NH]. The molecule has 1 N–H and O–H groups in total. The Labute approximate surface area is 33.2 Å². The highest BCUT2D eigenvalue weighted by Crippen LogP contribution is 1.91. The van der Waals surface area contributed by atoms with Crippen molar-refractivity contribution in [2.45, 2.75) is 26.3 Å². The fourth-order valence-corrected chi connectivity index (χ4v) is 0. The fraction of sp³-hybridized carbons (Fsp3) is 1.00. The first kappa shape index (κ1) is 4.96. The first-order valence-electron chi connectivity index (χ1n) is 1.75. The maximum atomic E-state index is 6.94. The molecule has 0 aliphatic heterocycles. The van der Waals surface area contributed by atoms with Gasteiger partial charge in [0.15, 0.2) is 0 Å². The lowest BCUT2D eigenvalue weighted by Crippen LogP contribution is -2.13. The largest absolute Gasteiger partial charge is 0.252 e. The van der Waals surface area contributed by atoms with E-state index >= 15 is 0 Å². The van der Waals surface area contributed by atoms with E-state index in [-0.39, 0.29) is 5.54 Å². The molecular weight excluding hydrogens is 62.1 g/mol. The molecule has 0 aromatic heterocycles. The Hall–Kier alpha value is -0.0400. The van der Waals surface area contributed by atoms with Gasteiger partial charge in [0, 0.05) is 5.54 Å². The molecule has 0 amide bonds. The van der Waals surface area contributed by atoms with Crippen molar-refractivity contribution in [2.75, 3.05) is 0 Å². The summed E-state index contributed by atoms with van der Waals surface area (Å²) in [6.07, 6.45) is 0. The number of rotatable bonds is 0. The molecule has 0 heterocycles. The summed E-state index contributed by atoms with van der Waals surface area (Å²) in [5, 5.41) is 0. The molecule has 0 bridgehead atoms. The Morgan fingerprint density at radius 1 is 1.20 bits per heavy atom. The van der Waals surface area contributed by atoms with E-state index in [1.54, 1.807) is 0 Å². The first-order valence-corrected chi connectivity index (χ1v) is 1.75. The van der Waals surface area contributed by atoms with E-state index in [9.17, 15) is 0 Å². The standard InChI is InChI=1S/C4H10N/c1-4(2,3)5/h5H,1-3H3. The topological polar surface area (TPSA) is 23.8 Å². The third-order valence-corrected chi connectivity index (χ3v) is 0. The molecule has 5 heavy (non-hydrogen) atoms. The van der Waals surface area contributed by atoms with E-state index in [2.05, 4.69) is 0 Å². The van der Waals surface area contributed by atoms with Crippen molar-refractivity contribution in [3.8, 4) is 0 Å². The van der Waals surface area contributed by atoms with Crippen LogP contribution in [0.4, 0.5) is 0 Å². The van der Waals surface area contributed by atoms with Crippen molar-refractivity contribution < 1.29 is 0 Å². The van der Waals surface area contributed by atoms with Crippen molar-refractivity contribution in [3.63, 3.8) is 0 Å². The van der Waals surface area contributed by atoms with Crippen LogP contribution in [-0.4, -0.2) is 5.54 Å². The van der Waals surface area contributed by atoms with E-state index in [1.165, 1.54) is 0 Å². The smallest absolute Gasteiger partial charge is 0.0239 e. The van der Waals surface area contributed by atoms with Gasteiger partial charge in [-0.15, -0.1) is 0 Å². The minimum absolute atomic E-state index is 0.250. The number of nitrogens with one attached hydrogen (secondary N) is 1. The molecule has 31 valence electrons. The first-order chi connectivity index (χ1) is 2.00. The van der Waals surface area contributed by atoms with Gasteiger partial charge in [-0.2, -0.15) is 0 Å². The molecule has 0 rings (SSSR count). The predicted octanol–water partition coefficient (Wildman–Crippen LogP) is 1.07. The summed E-state index contributed by atoms with van der Waals surface area (Å²) in [6.45, 7) is 5.56. The minimum atomic E-state index is -0.250. The van der Waals surface area contributed by atoms with Crippen LogP contribution in [0.5, 0.6) is 0 Å². The normalized spacial score (nSPS) is 12.0. The number of hydrogen-bond acceptors (Lipinski definition) is 0. The summed E-state index contributed by atoms with van der Waals surface area (Å²) >= 11 is 0. The van der Waals surface area contributed by atoms with E-state index in [1.807, 2.05) is 20.8 Å². The fourth-order valence-electron chi connectivity index (χ4n) is 0. The Bertz CT molecular complexity index is 19.1. The maximum absolute atomic E-state index is 6.94. The minimum Gasteiger partial charge on any atom is -0.252 e. The average molecular weight is 72.1 g/mol. The quantitative estimate of drug-likeness (QED) is 0.408. The molecule has 0 aliphatic carbocycles. The van der Waals surface area contributed by atoms with Crippen molar-refractivity contribution >= 4 is 0 Å². The molecular formula is C4H10N. The Morgan fingerprint density at radius 2 is 1.20 bits per heavy atom. The van der Waals surface area contributed by atoms with Gasteiger partial charge in [0.25, 0.3) is 0 Å². The zero-order chi connectivity index (χ0) is 4.50. The molecule has 0 unspecified atom stereocenters. The third kappa shape index (κ3) is 9510. The van der Waals surface area contributed by atoms with Gasteiger partial charge < -0.3 is 0 Å². The molecule has 0 aliphatic rings. The lowest BCUT2D eigenvalue weighted by Gasteiger charge is -2.04. The van der Waals surface area contributed by atoms with Crippen LogP contribution in [0.3, 0.4) is 0 Å². The lowest BCUT2D eigenvalue weighted by molar-refractivity contribution is 0.558. The van der Waals surface area contributed by atoms with Crippen LogP contribution in [0.25, 0.3) is 0 Å². The third-order valence-electron chi connectivity index (χ3n) is 0. The second-order valence-corrected chi connectivity index (χ2v) is 2.25. The molecule has 0 spiro atoms. The van der Waals surface area contributed by atoms with Gasteiger partial charge >= 0.3 is 0 Å². The average Bonchev–Trinajstić information content (AvgIpc) is 0.722. The molecule has 1 heteroatoms. The molecule has 0 aromatic rings. The van der Waals surface area contributed by atoms with Crippen LogP contribution in [0, 0.1) is 0 Å². The van der Waals surface area contributed by atoms with Gasteiger partial charge in [-0.05, 0) is 20.8 Å². The highest BCUT2D eigenvalue weighted by atomic mass is 14.7. The second-order valence-electron chi connectivity index (χ2n) is 2.25. The van der Waals surface area contributed by atoms with E-state index in [0.29, 0.717) is 0 Å². The summed E-state index contributed by atoms with van der Waals surface area (Å²) in [7, 11) is 0. The van der Waals surface area contributed by atoms with E-state index < -0.39 is 0 Å². The zero-order valence-electron chi connectivity index (χ0n) is 4.00. The van der Waals surface area contributed by atoms with Crippen molar-refractivity contribution in [1.29, 1.82) is 0 Å². The molecule has 1 radical (unpaired) electrons. The van der Waals surface area contributed by atoms with Crippen LogP contribution in [-0.2, 0) is 0 Å². The van der Waals surface area contributed by atoms with Gasteiger partial charge in [-0.1, -0.05) is 0 Å². The van der Waals surface area contributed by atoms with Gasteiger partial charge in [0.1, 0.15) is 0 Å². The Kier molecular flexibility index (Phi) is 0.969. The summed E-state index contributed by atoms with van der Waals surface area (Å²) < 4.78 is 0. The van der Waals surface area contributed by atoms with Crippen molar-refractivity contribution in [1.82, 2.24) is 5.73 Å². The molecule has 0 fully saturated rings. The Balaban J connectivity index is 3.02. The Morgan fingerprint density at radius 3 is 1.20 bits per heavy atom. The highest BCUT2D eigenvalue weighted by molar-refractivity contribution is 4.58. The molecule has 0 saturated carbocycles. The van der Waals surface area contributed by atoms with E-state index in [0.717, 1.165) is 0 Å². The molecule has 1 nitrogen and oxygen atoms in total. The zero-order valence-corrected chi connectivity index (χ0v) is 4.00. The lowest BCUT2D eigenvalue weighted by atomic mass is 10.1. The summed E-state index contributed by atoms with van der Waals surface area (Å²) in [5.41, 5.74) is 6.69. The van der Waals surface area contributed by atoms with Crippen molar-refractivity contribution in [2.24, 2.45) is 0 Å². The monoisotopic (exact) mass is 72.1 g/mol. The highest BCUT2D eigenvalue weighted by Gasteiger charge is 1.97. The van der Waals surface area contributed by atoms with Crippen LogP contribution in [0.15, 0.2) is 0 Å². The van der Waals surface area contributed by atoms with Gasteiger partial charge in [0.05, 0.1) is 0 Å². The molecule has 0 atom stereocenters.